The Bertz CT molecular complexity index is 318. The minimum atomic E-state index is 0.0207. The second kappa shape index (κ2) is 3.64. The Morgan fingerprint density at radius 3 is 2.07 bits per heavy atom. The Morgan fingerprint density at radius 1 is 1.21 bits per heavy atom. The highest BCUT2D eigenvalue weighted by molar-refractivity contribution is 5.48. The van der Waals surface area contributed by atoms with Crippen LogP contribution >= 0.6 is 0 Å². The van der Waals surface area contributed by atoms with Crippen molar-refractivity contribution >= 4 is 5.69 Å². The van der Waals surface area contributed by atoms with E-state index in [2.05, 4.69) is 44.4 Å². The van der Waals surface area contributed by atoms with E-state index in [-0.39, 0.29) is 5.54 Å². The second-order valence-corrected chi connectivity index (χ2v) is 4.60. The first kappa shape index (κ1) is 11.1. The van der Waals surface area contributed by atoms with Gasteiger partial charge in [0.25, 0.3) is 0 Å². The average Bonchev–Trinajstić information content (AvgIpc) is 2.41. The van der Waals surface area contributed by atoms with Gasteiger partial charge in [0, 0.05) is 0 Å². The molecule has 0 aromatic carbocycles. The van der Waals surface area contributed by atoms with Crippen LogP contribution in [0.25, 0.3) is 0 Å². The van der Waals surface area contributed by atoms with Gasteiger partial charge in [-0.1, -0.05) is 13.8 Å². The highest BCUT2D eigenvalue weighted by atomic mass is 15.3. The molecule has 0 atom stereocenters. The van der Waals surface area contributed by atoms with Gasteiger partial charge in [0.1, 0.15) is 0 Å². The third-order valence-electron chi connectivity index (χ3n) is 2.40. The van der Waals surface area contributed by atoms with Crippen LogP contribution in [0.4, 0.5) is 5.69 Å². The van der Waals surface area contributed by atoms with Gasteiger partial charge in [-0.2, -0.15) is 5.10 Å². The molecule has 3 heteroatoms. The van der Waals surface area contributed by atoms with E-state index in [1.54, 1.807) is 0 Å². The first-order valence-corrected chi connectivity index (χ1v) is 5.28. The molecule has 14 heavy (non-hydrogen) atoms. The lowest BCUT2D eigenvalue weighted by Crippen LogP contribution is -2.25. The van der Waals surface area contributed by atoms with Gasteiger partial charge in [-0.3, -0.25) is 4.68 Å². The topological polar surface area (TPSA) is 43.8 Å². The molecular formula is C11H21N3. The summed E-state index contributed by atoms with van der Waals surface area (Å²) in [5.74, 6) is 0. The monoisotopic (exact) mass is 195 g/mol. The zero-order valence-corrected chi connectivity index (χ0v) is 9.89. The minimum absolute atomic E-state index is 0.0207. The quantitative estimate of drug-likeness (QED) is 0.787. The van der Waals surface area contributed by atoms with Crippen molar-refractivity contribution < 1.29 is 0 Å². The molecule has 2 N–H and O–H groups in total. The number of nitrogens with two attached hydrogens (primary N) is 1. The van der Waals surface area contributed by atoms with Crippen molar-refractivity contribution in [3.63, 3.8) is 0 Å². The Balaban J connectivity index is 3.30. The first-order chi connectivity index (χ1) is 6.41. The zero-order chi connectivity index (χ0) is 10.9. The van der Waals surface area contributed by atoms with E-state index in [0.29, 0.717) is 0 Å². The van der Waals surface area contributed by atoms with E-state index in [1.807, 2.05) is 0 Å². The minimum Gasteiger partial charge on any atom is -0.396 e. The summed E-state index contributed by atoms with van der Waals surface area (Å²) in [5, 5.41) is 4.56. The molecule has 1 rings (SSSR count). The van der Waals surface area contributed by atoms with Crippen LogP contribution in [0.1, 0.15) is 46.0 Å². The highest BCUT2D eigenvalue weighted by Crippen LogP contribution is 2.24. The number of hydrogen-bond donors (Lipinski definition) is 1. The van der Waals surface area contributed by atoms with Gasteiger partial charge in [0.05, 0.1) is 22.6 Å². The fourth-order valence-electron chi connectivity index (χ4n) is 1.67. The third-order valence-corrected chi connectivity index (χ3v) is 2.40. The molecule has 0 aliphatic carbocycles. The summed E-state index contributed by atoms with van der Waals surface area (Å²) < 4.78 is 2.06. The molecule has 0 radical (unpaired) electrons. The fourth-order valence-corrected chi connectivity index (χ4v) is 1.67. The molecule has 1 heterocycles. The van der Waals surface area contributed by atoms with Crippen LogP contribution in [0.2, 0.25) is 0 Å². The first-order valence-electron chi connectivity index (χ1n) is 5.28. The second-order valence-electron chi connectivity index (χ2n) is 4.60. The molecule has 0 fully saturated rings. The molecule has 0 aliphatic rings. The molecule has 0 unspecified atom stereocenters. The molecule has 3 nitrogen and oxygen atoms in total. The van der Waals surface area contributed by atoms with E-state index in [1.165, 1.54) is 0 Å². The molecule has 0 amide bonds. The summed E-state index contributed by atoms with van der Waals surface area (Å²) in [7, 11) is 0. The van der Waals surface area contributed by atoms with E-state index in [0.717, 1.165) is 29.9 Å². The van der Waals surface area contributed by atoms with Gasteiger partial charge in [-0.05, 0) is 33.6 Å². The van der Waals surface area contributed by atoms with E-state index >= 15 is 0 Å². The van der Waals surface area contributed by atoms with Crippen LogP contribution in [0.3, 0.4) is 0 Å². The average molecular weight is 195 g/mol. The van der Waals surface area contributed by atoms with Gasteiger partial charge in [-0.15, -0.1) is 0 Å². The van der Waals surface area contributed by atoms with Gasteiger partial charge in [0.15, 0.2) is 0 Å². The normalized spacial score (nSPS) is 12.1. The van der Waals surface area contributed by atoms with Crippen LogP contribution in [-0.2, 0) is 18.4 Å². The molecule has 0 bridgehead atoms. The molecule has 80 valence electrons. The molecule has 0 saturated heterocycles. The van der Waals surface area contributed by atoms with Crippen molar-refractivity contribution in [3.05, 3.63) is 11.4 Å². The van der Waals surface area contributed by atoms with Crippen LogP contribution < -0.4 is 5.73 Å². The molecule has 0 saturated carbocycles. The molecule has 0 spiro atoms. The molecule has 0 aliphatic heterocycles. The maximum absolute atomic E-state index is 6.04. The van der Waals surface area contributed by atoms with Crippen molar-refractivity contribution in [2.24, 2.45) is 0 Å². The molecular weight excluding hydrogens is 174 g/mol. The van der Waals surface area contributed by atoms with E-state index < -0.39 is 0 Å². The lowest BCUT2D eigenvalue weighted by Gasteiger charge is -2.22. The van der Waals surface area contributed by atoms with Gasteiger partial charge < -0.3 is 5.73 Å². The Hall–Kier alpha value is -0.990. The number of nitrogens with zero attached hydrogens (tertiary/aromatic N) is 2. The predicted molar refractivity (Wildman–Crippen MR) is 60.4 cm³/mol. The van der Waals surface area contributed by atoms with Crippen LogP contribution in [-0.4, -0.2) is 9.78 Å². The molecule has 1 aromatic heterocycles. The third kappa shape index (κ3) is 1.76. The summed E-state index contributed by atoms with van der Waals surface area (Å²) in [6, 6.07) is 0. The van der Waals surface area contributed by atoms with Crippen LogP contribution in [0.5, 0.6) is 0 Å². The van der Waals surface area contributed by atoms with Crippen LogP contribution in [0, 0.1) is 0 Å². The smallest absolute Gasteiger partial charge is 0.0854 e. The largest absolute Gasteiger partial charge is 0.396 e. The predicted octanol–water partition coefficient (Wildman–Crippen LogP) is 2.35. The SMILES string of the molecule is CCc1nn(C(C)(C)C)c(CC)c1N. The summed E-state index contributed by atoms with van der Waals surface area (Å²) >= 11 is 0. The number of aryl methyl sites for hydroxylation is 1. The van der Waals surface area contributed by atoms with Crippen molar-refractivity contribution in [2.45, 2.75) is 53.0 Å². The fraction of sp³-hybridized carbons (Fsp3) is 0.727. The zero-order valence-electron chi connectivity index (χ0n) is 9.89. The number of nitrogen functional groups attached to an aromatic ring is 1. The van der Waals surface area contributed by atoms with Crippen molar-refractivity contribution in [3.8, 4) is 0 Å². The van der Waals surface area contributed by atoms with E-state index in [4.69, 9.17) is 5.73 Å². The van der Waals surface area contributed by atoms with Crippen molar-refractivity contribution in [1.82, 2.24) is 9.78 Å². The maximum atomic E-state index is 6.04. The standard InChI is InChI=1S/C11H21N3/c1-6-8-10(12)9(7-2)14(13-8)11(3,4)5/h6-7,12H2,1-5H3. The Kier molecular flexibility index (Phi) is 2.88. The lowest BCUT2D eigenvalue weighted by molar-refractivity contribution is 0.342. The van der Waals surface area contributed by atoms with Gasteiger partial charge in [0.2, 0.25) is 0 Å². The Labute approximate surface area is 86.3 Å². The molecule has 1 aromatic rings. The summed E-state index contributed by atoms with van der Waals surface area (Å²) in [5.41, 5.74) is 9.13. The summed E-state index contributed by atoms with van der Waals surface area (Å²) in [6.45, 7) is 10.7. The lowest BCUT2D eigenvalue weighted by atomic mass is 10.1. The van der Waals surface area contributed by atoms with Crippen molar-refractivity contribution in [2.75, 3.05) is 5.73 Å². The van der Waals surface area contributed by atoms with Crippen LogP contribution in [0.15, 0.2) is 0 Å². The highest BCUT2D eigenvalue weighted by Gasteiger charge is 2.21. The van der Waals surface area contributed by atoms with Gasteiger partial charge >= 0.3 is 0 Å². The number of aromatic nitrogens is 2. The van der Waals surface area contributed by atoms with Gasteiger partial charge in [-0.25, -0.2) is 0 Å². The summed E-state index contributed by atoms with van der Waals surface area (Å²) in [6.07, 6.45) is 1.85. The number of rotatable bonds is 2. The number of hydrogen-bond acceptors (Lipinski definition) is 2. The van der Waals surface area contributed by atoms with E-state index in [9.17, 15) is 0 Å². The summed E-state index contributed by atoms with van der Waals surface area (Å²) in [4.78, 5) is 0. The number of anilines is 1. The maximum Gasteiger partial charge on any atom is 0.0854 e. The Morgan fingerprint density at radius 2 is 1.79 bits per heavy atom. The van der Waals surface area contributed by atoms with Crippen molar-refractivity contribution in [1.29, 1.82) is 0 Å².